The van der Waals surface area contributed by atoms with E-state index in [2.05, 4.69) is 28.8 Å². The van der Waals surface area contributed by atoms with Gasteiger partial charge in [0.25, 0.3) is 5.91 Å². The molecule has 1 amide bonds. The van der Waals surface area contributed by atoms with E-state index in [1.165, 1.54) is 19.2 Å². The van der Waals surface area contributed by atoms with Crippen LogP contribution in [0.5, 0.6) is 5.75 Å². The molecule has 0 aliphatic carbocycles. The number of ether oxygens (including phenoxy) is 2. The van der Waals surface area contributed by atoms with Crippen molar-refractivity contribution in [1.82, 2.24) is 10.2 Å². The number of methoxy groups -OCH3 is 1. The molecule has 3 N–H and O–H groups in total. The minimum absolute atomic E-state index is 0.183. The molecule has 0 unspecified atom stereocenters. The molecule has 134 valence electrons. The Kier molecular flexibility index (Phi) is 8.35. The molecular weight excluding hydrogens is 334 g/mol. The minimum atomic E-state index is -0.559. The molecule has 7 nitrogen and oxygen atoms in total. The van der Waals surface area contributed by atoms with Crippen LogP contribution in [-0.2, 0) is 9.53 Å². The third-order valence-corrected chi connectivity index (χ3v) is 3.85. The summed E-state index contributed by atoms with van der Waals surface area (Å²) in [4.78, 5) is 25.8. The van der Waals surface area contributed by atoms with E-state index in [-0.39, 0.29) is 34.5 Å². The van der Waals surface area contributed by atoms with Crippen molar-refractivity contribution in [3.8, 4) is 5.75 Å². The van der Waals surface area contributed by atoms with Gasteiger partial charge in [-0.15, -0.1) is 0 Å². The maximum atomic E-state index is 12.4. The first-order valence-corrected chi connectivity index (χ1v) is 8.09. The number of likely N-dealkylation sites (N-methyl/N-ethyl adjacent to an activating group) is 1. The zero-order valence-electron chi connectivity index (χ0n) is 14.2. The summed E-state index contributed by atoms with van der Waals surface area (Å²) in [6.07, 6.45) is 0. The average Bonchev–Trinajstić information content (AvgIpc) is 2.58. The lowest BCUT2D eigenvalue weighted by Crippen LogP contribution is -2.35. The molecule has 24 heavy (non-hydrogen) atoms. The number of rotatable bonds is 9. The van der Waals surface area contributed by atoms with Crippen LogP contribution in [0.4, 0.5) is 5.69 Å². The fourth-order valence-corrected chi connectivity index (χ4v) is 2.19. The van der Waals surface area contributed by atoms with Crippen molar-refractivity contribution < 1.29 is 19.1 Å². The summed E-state index contributed by atoms with van der Waals surface area (Å²) < 4.78 is 9.85. The van der Waals surface area contributed by atoms with Gasteiger partial charge in [0.15, 0.2) is 6.61 Å². The summed E-state index contributed by atoms with van der Waals surface area (Å²) in [5, 5.41) is 3.06. The van der Waals surface area contributed by atoms with Gasteiger partial charge in [-0.2, -0.15) is 0 Å². The molecule has 0 spiro atoms. The molecule has 0 fully saturated rings. The summed E-state index contributed by atoms with van der Waals surface area (Å²) in [5.41, 5.74) is 6.22. The number of halogens is 1. The van der Waals surface area contributed by atoms with Crippen LogP contribution in [0.25, 0.3) is 0 Å². The summed E-state index contributed by atoms with van der Waals surface area (Å²) in [7, 11) is 1.25. The fraction of sp³-hybridized carbons (Fsp3) is 0.500. The van der Waals surface area contributed by atoms with Crippen molar-refractivity contribution in [2.45, 2.75) is 13.8 Å². The normalized spacial score (nSPS) is 10.5. The molecule has 0 aliphatic rings. The molecule has 1 aromatic carbocycles. The van der Waals surface area contributed by atoms with Gasteiger partial charge in [-0.1, -0.05) is 25.4 Å². The quantitative estimate of drug-likeness (QED) is 0.514. The van der Waals surface area contributed by atoms with E-state index in [0.717, 1.165) is 19.6 Å². The number of nitrogens with two attached hydrogens (primary N) is 1. The molecule has 0 saturated heterocycles. The van der Waals surface area contributed by atoms with Gasteiger partial charge in [0.05, 0.1) is 23.4 Å². The molecule has 0 aliphatic heterocycles. The second-order valence-electron chi connectivity index (χ2n) is 5.02. The smallest absolute Gasteiger partial charge is 0.343 e. The lowest BCUT2D eigenvalue weighted by Gasteiger charge is -2.18. The highest BCUT2D eigenvalue weighted by Gasteiger charge is 2.16. The molecule has 0 radical (unpaired) electrons. The predicted molar refractivity (Wildman–Crippen MR) is 93.5 cm³/mol. The fourth-order valence-electron chi connectivity index (χ4n) is 2.02. The third-order valence-electron chi connectivity index (χ3n) is 3.52. The van der Waals surface area contributed by atoms with Crippen LogP contribution >= 0.6 is 11.6 Å². The summed E-state index contributed by atoms with van der Waals surface area (Å²) in [5.74, 6) is -0.719. The summed E-state index contributed by atoms with van der Waals surface area (Å²) in [6.45, 7) is 6.84. The van der Waals surface area contributed by atoms with Crippen LogP contribution in [0.15, 0.2) is 12.1 Å². The van der Waals surface area contributed by atoms with E-state index < -0.39 is 5.97 Å². The first-order valence-electron chi connectivity index (χ1n) is 7.72. The van der Waals surface area contributed by atoms with E-state index in [1.807, 2.05) is 0 Å². The van der Waals surface area contributed by atoms with Crippen molar-refractivity contribution in [3.63, 3.8) is 0 Å². The molecule has 0 heterocycles. The van der Waals surface area contributed by atoms with Crippen molar-refractivity contribution in [1.29, 1.82) is 0 Å². The van der Waals surface area contributed by atoms with E-state index in [4.69, 9.17) is 22.1 Å². The van der Waals surface area contributed by atoms with Crippen molar-refractivity contribution in [2.75, 3.05) is 45.6 Å². The van der Waals surface area contributed by atoms with Crippen molar-refractivity contribution in [2.24, 2.45) is 0 Å². The Labute approximate surface area is 147 Å². The van der Waals surface area contributed by atoms with Crippen LogP contribution in [-0.4, -0.2) is 56.7 Å². The largest absolute Gasteiger partial charge is 0.481 e. The monoisotopic (exact) mass is 357 g/mol. The van der Waals surface area contributed by atoms with Crippen LogP contribution < -0.4 is 15.8 Å². The highest BCUT2D eigenvalue weighted by atomic mass is 35.5. The molecule has 0 aromatic heterocycles. The Morgan fingerprint density at radius 2 is 1.96 bits per heavy atom. The predicted octanol–water partition coefficient (Wildman–Crippen LogP) is 1.55. The van der Waals surface area contributed by atoms with E-state index in [0.29, 0.717) is 6.54 Å². The van der Waals surface area contributed by atoms with Crippen LogP contribution in [0.3, 0.4) is 0 Å². The van der Waals surface area contributed by atoms with Gasteiger partial charge >= 0.3 is 5.97 Å². The zero-order chi connectivity index (χ0) is 18.1. The number of carbonyl (C=O) groups is 2. The van der Waals surface area contributed by atoms with Gasteiger partial charge in [0, 0.05) is 19.2 Å². The topological polar surface area (TPSA) is 93.9 Å². The van der Waals surface area contributed by atoms with E-state index in [1.54, 1.807) is 0 Å². The average molecular weight is 358 g/mol. The van der Waals surface area contributed by atoms with Crippen LogP contribution in [0.1, 0.15) is 24.2 Å². The Morgan fingerprint density at radius 3 is 2.54 bits per heavy atom. The number of amides is 1. The molecule has 8 heteroatoms. The SMILES string of the molecule is CCN(CC)CCNC(=O)c1cc(Cl)c(N)cc1OCC(=O)OC. The number of hydrogen-bond acceptors (Lipinski definition) is 6. The highest BCUT2D eigenvalue weighted by molar-refractivity contribution is 6.33. The number of benzene rings is 1. The summed E-state index contributed by atoms with van der Waals surface area (Å²) in [6, 6.07) is 2.85. The Morgan fingerprint density at radius 1 is 1.29 bits per heavy atom. The highest BCUT2D eigenvalue weighted by Crippen LogP contribution is 2.29. The maximum Gasteiger partial charge on any atom is 0.343 e. The number of anilines is 1. The second-order valence-corrected chi connectivity index (χ2v) is 5.42. The molecule has 1 aromatic rings. The Hall–Kier alpha value is -1.99. The second kappa shape index (κ2) is 10.00. The number of carbonyl (C=O) groups excluding carboxylic acids is 2. The standard InChI is InChI=1S/C16H24ClN3O4/c1-4-20(5-2)7-6-19-16(22)11-8-12(17)13(18)9-14(11)24-10-15(21)23-3/h8-9H,4-7,10,18H2,1-3H3,(H,19,22). The molecule has 0 bridgehead atoms. The van der Waals surface area contributed by atoms with Gasteiger partial charge in [0.2, 0.25) is 0 Å². The lowest BCUT2D eigenvalue weighted by atomic mass is 10.1. The lowest BCUT2D eigenvalue weighted by molar-refractivity contribution is -0.142. The Balaban J connectivity index is 2.81. The molecule has 0 saturated carbocycles. The first-order chi connectivity index (χ1) is 11.4. The van der Waals surface area contributed by atoms with Crippen LogP contribution in [0.2, 0.25) is 5.02 Å². The minimum Gasteiger partial charge on any atom is -0.481 e. The van der Waals surface area contributed by atoms with E-state index >= 15 is 0 Å². The number of nitrogens with zero attached hydrogens (tertiary/aromatic N) is 1. The zero-order valence-corrected chi connectivity index (χ0v) is 15.0. The number of nitrogens with one attached hydrogen (secondary N) is 1. The molecular formula is C16H24ClN3O4. The van der Waals surface area contributed by atoms with E-state index in [9.17, 15) is 9.59 Å². The van der Waals surface area contributed by atoms with Crippen molar-refractivity contribution >= 4 is 29.2 Å². The van der Waals surface area contributed by atoms with Gasteiger partial charge in [-0.05, 0) is 19.2 Å². The van der Waals surface area contributed by atoms with Crippen molar-refractivity contribution in [3.05, 3.63) is 22.7 Å². The maximum absolute atomic E-state index is 12.4. The summed E-state index contributed by atoms with van der Waals surface area (Å²) >= 11 is 5.99. The molecule has 0 atom stereocenters. The number of esters is 1. The van der Waals surface area contributed by atoms with Gasteiger partial charge in [-0.3, -0.25) is 4.79 Å². The van der Waals surface area contributed by atoms with Gasteiger partial charge in [0.1, 0.15) is 5.75 Å². The van der Waals surface area contributed by atoms with Gasteiger partial charge < -0.3 is 25.4 Å². The van der Waals surface area contributed by atoms with Crippen LogP contribution in [0, 0.1) is 0 Å². The third kappa shape index (κ3) is 5.90. The first kappa shape index (κ1) is 20.1. The van der Waals surface area contributed by atoms with Gasteiger partial charge in [-0.25, -0.2) is 4.79 Å². The number of nitrogen functional groups attached to an aromatic ring is 1. The number of hydrogen-bond donors (Lipinski definition) is 2. The Bertz CT molecular complexity index is 577. The molecule has 1 rings (SSSR count).